The van der Waals surface area contributed by atoms with Crippen molar-refractivity contribution in [3.8, 4) is 0 Å². The van der Waals surface area contributed by atoms with E-state index in [9.17, 15) is 17.6 Å². The summed E-state index contributed by atoms with van der Waals surface area (Å²) in [6.07, 6.45) is 0.180. The molecule has 1 aliphatic heterocycles. The first-order valence-corrected chi connectivity index (χ1v) is 9.43. The van der Waals surface area contributed by atoms with Gasteiger partial charge in [-0.05, 0) is 40.5 Å². The van der Waals surface area contributed by atoms with E-state index < -0.39 is 10.0 Å². The smallest absolute Gasteiger partial charge is 0.227 e. The Balaban J connectivity index is 1.94. The van der Waals surface area contributed by atoms with Crippen molar-refractivity contribution < 1.29 is 17.6 Å². The summed E-state index contributed by atoms with van der Waals surface area (Å²) in [5.74, 6) is -0.369. The molecule has 0 N–H and O–H groups in total. The minimum Gasteiger partial charge on any atom is -0.340 e. The number of benzene rings is 1. The Morgan fingerprint density at radius 1 is 1.27 bits per heavy atom. The van der Waals surface area contributed by atoms with Gasteiger partial charge in [0.15, 0.2) is 0 Å². The van der Waals surface area contributed by atoms with Crippen molar-refractivity contribution in [2.24, 2.45) is 0 Å². The third-order valence-electron chi connectivity index (χ3n) is 3.69. The SMILES string of the molecule is CCS(=O)(=O)N1CCN(C(=O)Cc2ccc(F)c(Br)c2)CC1. The predicted molar refractivity (Wildman–Crippen MR) is 85.4 cm³/mol. The molecular weight excluding hydrogens is 375 g/mol. The molecule has 0 radical (unpaired) electrons. The second-order valence-corrected chi connectivity index (χ2v) is 8.22. The van der Waals surface area contributed by atoms with Gasteiger partial charge in [-0.1, -0.05) is 6.07 Å². The summed E-state index contributed by atoms with van der Waals surface area (Å²) in [6.45, 7) is 3.05. The lowest BCUT2D eigenvalue weighted by Gasteiger charge is -2.33. The maximum atomic E-state index is 13.2. The van der Waals surface area contributed by atoms with Crippen molar-refractivity contribution in [1.29, 1.82) is 0 Å². The molecule has 0 unspecified atom stereocenters. The van der Waals surface area contributed by atoms with Crippen molar-refractivity contribution >= 4 is 31.9 Å². The Labute approximate surface area is 138 Å². The first kappa shape index (κ1) is 17.4. The normalized spacial score (nSPS) is 16.8. The zero-order chi connectivity index (χ0) is 16.3. The number of carbonyl (C=O) groups is 1. The number of hydrogen-bond acceptors (Lipinski definition) is 3. The molecule has 0 aliphatic carbocycles. The molecule has 0 aromatic heterocycles. The van der Waals surface area contributed by atoms with Gasteiger partial charge in [0.1, 0.15) is 5.82 Å². The first-order valence-electron chi connectivity index (χ1n) is 7.03. The highest BCUT2D eigenvalue weighted by atomic mass is 79.9. The topological polar surface area (TPSA) is 57.7 Å². The fraction of sp³-hybridized carbons (Fsp3) is 0.500. The van der Waals surface area contributed by atoms with Crippen LogP contribution in [0.1, 0.15) is 12.5 Å². The molecule has 1 saturated heterocycles. The summed E-state index contributed by atoms with van der Waals surface area (Å²) in [4.78, 5) is 13.9. The lowest BCUT2D eigenvalue weighted by molar-refractivity contribution is -0.131. The van der Waals surface area contributed by atoms with E-state index in [0.717, 1.165) is 5.56 Å². The molecule has 1 heterocycles. The largest absolute Gasteiger partial charge is 0.340 e. The molecule has 1 aliphatic rings. The van der Waals surface area contributed by atoms with Gasteiger partial charge in [-0.2, -0.15) is 4.31 Å². The summed E-state index contributed by atoms with van der Waals surface area (Å²) in [7, 11) is -3.19. The Morgan fingerprint density at radius 2 is 1.91 bits per heavy atom. The van der Waals surface area contributed by atoms with Crippen molar-refractivity contribution in [1.82, 2.24) is 9.21 Å². The highest BCUT2D eigenvalue weighted by Crippen LogP contribution is 2.18. The molecule has 8 heteroatoms. The van der Waals surface area contributed by atoms with Crippen LogP contribution in [0.4, 0.5) is 4.39 Å². The van der Waals surface area contributed by atoms with Crippen LogP contribution in [0.3, 0.4) is 0 Å². The Hall–Kier alpha value is -0.990. The third-order valence-corrected chi connectivity index (χ3v) is 6.18. The monoisotopic (exact) mass is 392 g/mol. The molecule has 2 rings (SSSR count). The lowest BCUT2D eigenvalue weighted by atomic mass is 10.1. The molecular formula is C14H18BrFN2O3S. The van der Waals surface area contributed by atoms with Gasteiger partial charge in [0.05, 0.1) is 16.6 Å². The summed E-state index contributed by atoms with van der Waals surface area (Å²) in [6, 6.07) is 4.49. The summed E-state index contributed by atoms with van der Waals surface area (Å²) in [5, 5.41) is 0. The quantitative estimate of drug-likeness (QED) is 0.782. The molecule has 0 atom stereocenters. The molecule has 1 fully saturated rings. The van der Waals surface area contributed by atoms with Crippen molar-refractivity contribution in [2.45, 2.75) is 13.3 Å². The molecule has 1 amide bonds. The molecule has 0 bridgehead atoms. The van der Waals surface area contributed by atoms with Gasteiger partial charge in [0, 0.05) is 26.2 Å². The van der Waals surface area contributed by atoms with E-state index in [1.165, 1.54) is 10.4 Å². The standard InChI is InChI=1S/C14H18BrFN2O3S/c1-2-22(20,21)18-7-5-17(6-8-18)14(19)10-11-3-4-13(16)12(15)9-11/h3-4,9H,2,5-8,10H2,1H3. The zero-order valence-corrected chi connectivity index (χ0v) is 14.7. The van der Waals surface area contributed by atoms with Gasteiger partial charge < -0.3 is 4.90 Å². The van der Waals surface area contributed by atoms with E-state index >= 15 is 0 Å². The Bertz CT molecular complexity index is 658. The lowest BCUT2D eigenvalue weighted by Crippen LogP contribution is -2.51. The molecule has 22 heavy (non-hydrogen) atoms. The summed E-state index contributed by atoms with van der Waals surface area (Å²) < 4.78 is 38.5. The van der Waals surface area contributed by atoms with Crippen LogP contribution in [0, 0.1) is 5.82 Å². The van der Waals surface area contributed by atoms with E-state index in [2.05, 4.69) is 15.9 Å². The maximum absolute atomic E-state index is 13.2. The van der Waals surface area contributed by atoms with Crippen molar-refractivity contribution in [2.75, 3.05) is 31.9 Å². The highest BCUT2D eigenvalue weighted by Gasteiger charge is 2.27. The van der Waals surface area contributed by atoms with Crippen LogP contribution in [0.15, 0.2) is 22.7 Å². The van der Waals surface area contributed by atoms with Crippen LogP contribution < -0.4 is 0 Å². The predicted octanol–water partition coefficient (Wildman–Crippen LogP) is 1.62. The second kappa shape index (κ2) is 7.06. The number of sulfonamides is 1. The van der Waals surface area contributed by atoms with E-state index in [0.29, 0.717) is 30.7 Å². The summed E-state index contributed by atoms with van der Waals surface area (Å²) >= 11 is 3.10. The number of hydrogen-bond donors (Lipinski definition) is 0. The van der Waals surface area contributed by atoms with Crippen LogP contribution in [0.5, 0.6) is 0 Å². The number of halogens is 2. The average molecular weight is 393 g/mol. The van der Waals surface area contributed by atoms with Crippen molar-refractivity contribution in [3.63, 3.8) is 0 Å². The highest BCUT2D eigenvalue weighted by molar-refractivity contribution is 9.10. The van der Waals surface area contributed by atoms with Crippen molar-refractivity contribution in [3.05, 3.63) is 34.1 Å². The fourth-order valence-corrected chi connectivity index (χ4v) is 3.85. The second-order valence-electron chi connectivity index (χ2n) is 5.11. The maximum Gasteiger partial charge on any atom is 0.227 e. The van der Waals surface area contributed by atoms with E-state index in [1.807, 2.05) is 0 Å². The summed E-state index contributed by atoms with van der Waals surface area (Å²) in [5.41, 5.74) is 0.724. The van der Waals surface area contributed by atoms with Crippen LogP contribution >= 0.6 is 15.9 Å². The van der Waals surface area contributed by atoms with E-state index in [1.54, 1.807) is 24.0 Å². The number of rotatable bonds is 4. The van der Waals surface area contributed by atoms with Crippen LogP contribution in [0.25, 0.3) is 0 Å². The van der Waals surface area contributed by atoms with Gasteiger partial charge in [0.25, 0.3) is 0 Å². The number of carbonyl (C=O) groups excluding carboxylic acids is 1. The Morgan fingerprint density at radius 3 is 2.45 bits per heavy atom. The average Bonchev–Trinajstić information content (AvgIpc) is 2.51. The van der Waals surface area contributed by atoms with Gasteiger partial charge in [-0.25, -0.2) is 12.8 Å². The first-order chi connectivity index (χ1) is 10.3. The molecule has 0 saturated carbocycles. The van der Waals surface area contributed by atoms with E-state index in [4.69, 9.17) is 0 Å². The number of amides is 1. The van der Waals surface area contributed by atoms with Crippen LogP contribution in [-0.2, 0) is 21.2 Å². The molecule has 5 nitrogen and oxygen atoms in total. The number of nitrogens with zero attached hydrogens (tertiary/aromatic N) is 2. The minimum atomic E-state index is -3.19. The molecule has 122 valence electrons. The Kier molecular flexibility index (Phi) is 5.57. The fourth-order valence-electron chi connectivity index (χ4n) is 2.33. The molecule has 0 spiro atoms. The van der Waals surface area contributed by atoms with Crippen LogP contribution in [-0.4, -0.2) is 55.5 Å². The van der Waals surface area contributed by atoms with Gasteiger partial charge in [0.2, 0.25) is 15.9 Å². The molecule has 1 aromatic carbocycles. The third kappa shape index (κ3) is 4.05. The van der Waals surface area contributed by atoms with Gasteiger partial charge in [-0.3, -0.25) is 4.79 Å². The number of piperazine rings is 1. The zero-order valence-electron chi connectivity index (χ0n) is 12.3. The van der Waals surface area contributed by atoms with E-state index in [-0.39, 0.29) is 23.9 Å². The molecule has 1 aromatic rings. The van der Waals surface area contributed by atoms with Crippen LogP contribution in [0.2, 0.25) is 0 Å². The van der Waals surface area contributed by atoms with Gasteiger partial charge in [-0.15, -0.1) is 0 Å². The minimum absolute atomic E-state index is 0.0740. The van der Waals surface area contributed by atoms with Gasteiger partial charge >= 0.3 is 0 Å².